The van der Waals surface area contributed by atoms with Gasteiger partial charge in [0.2, 0.25) is 5.91 Å². The Balaban J connectivity index is 1.59. The second-order valence-electron chi connectivity index (χ2n) is 5.80. The predicted octanol–water partition coefficient (Wildman–Crippen LogP) is 5.09. The fourth-order valence-corrected chi connectivity index (χ4v) is 3.95. The lowest BCUT2D eigenvalue weighted by Gasteiger charge is -2.04. The standard InChI is InChI=1S/C19H18N2O2S2/c1-12-5-6-14(13(2)10-12)15-11-25-19(20-15)21-18(23)8-7-16(22)17-4-3-9-24-17/h3-6,9-11H,7-8H2,1-2H3,(H,20,21,23). The summed E-state index contributed by atoms with van der Waals surface area (Å²) in [5.41, 5.74) is 4.29. The number of anilines is 1. The number of ketones is 1. The predicted molar refractivity (Wildman–Crippen MR) is 104 cm³/mol. The molecular weight excluding hydrogens is 352 g/mol. The number of thiazole rings is 1. The van der Waals surface area contributed by atoms with Crippen molar-refractivity contribution in [1.29, 1.82) is 0 Å². The second-order valence-corrected chi connectivity index (χ2v) is 7.61. The van der Waals surface area contributed by atoms with Crippen LogP contribution in [0.5, 0.6) is 0 Å². The zero-order valence-corrected chi connectivity index (χ0v) is 15.7. The van der Waals surface area contributed by atoms with E-state index < -0.39 is 0 Å². The number of nitrogens with one attached hydrogen (secondary N) is 1. The maximum Gasteiger partial charge on any atom is 0.226 e. The first kappa shape index (κ1) is 17.5. The number of nitrogens with zero attached hydrogens (tertiary/aromatic N) is 1. The van der Waals surface area contributed by atoms with Crippen LogP contribution in [0.25, 0.3) is 11.3 Å². The van der Waals surface area contributed by atoms with Gasteiger partial charge < -0.3 is 5.32 Å². The maximum absolute atomic E-state index is 12.1. The van der Waals surface area contributed by atoms with Crippen LogP contribution in [0.1, 0.15) is 33.6 Å². The highest BCUT2D eigenvalue weighted by molar-refractivity contribution is 7.14. The van der Waals surface area contributed by atoms with E-state index in [4.69, 9.17) is 0 Å². The summed E-state index contributed by atoms with van der Waals surface area (Å²) in [5.74, 6) is -0.188. The summed E-state index contributed by atoms with van der Waals surface area (Å²) in [6.45, 7) is 4.11. The van der Waals surface area contributed by atoms with Crippen LogP contribution in [0.2, 0.25) is 0 Å². The van der Waals surface area contributed by atoms with Crippen LogP contribution in [-0.4, -0.2) is 16.7 Å². The summed E-state index contributed by atoms with van der Waals surface area (Å²) >= 11 is 2.79. The maximum atomic E-state index is 12.1. The van der Waals surface area contributed by atoms with Gasteiger partial charge in [0.1, 0.15) is 0 Å². The molecule has 0 aliphatic rings. The number of aromatic nitrogens is 1. The largest absolute Gasteiger partial charge is 0.302 e. The van der Waals surface area contributed by atoms with E-state index in [1.54, 1.807) is 6.07 Å². The molecule has 0 saturated carbocycles. The van der Waals surface area contributed by atoms with Crippen molar-refractivity contribution < 1.29 is 9.59 Å². The Hall–Kier alpha value is -2.31. The average Bonchev–Trinajstić information content (AvgIpc) is 3.24. The molecule has 1 N–H and O–H groups in total. The first-order valence-corrected chi connectivity index (χ1v) is 9.68. The van der Waals surface area contributed by atoms with Gasteiger partial charge >= 0.3 is 0 Å². The molecule has 0 atom stereocenters. The molecule has 25 heavy (non-hydrogen) atoms. The Labute approximate surface area is 154 Å². The minimum Gasteiger partial charge on any atom is -0.302 e. The van der Waals surface area contributed by atoms with Crippen molar-refractivity contribution in [2.45, 2.75) is 26.7 Å². The van der Waals surface area contributed by atoms with Gasteiger partial charge in [-0.15, -0.1) is 22.7 Å². The van der Waals surface area contributed by atoms with E-state index in [2.05, 4.69) is 36.3 Å². The highest BCUT2D eigenvalue weighted by Gasteiger charge is 2.12. The van der Waals surface area contributed by atoms with Crippen LogP contribution in [-0.2, 0) is 4.79 Å². The zero-order chi connectivity index (χ0) is 17.8. The summed E-state index contributed by atoms with van der Waals surface area (Å²) in [5, 5.41) is 7.14. The molecule has 0 aliphatic carbocycles. The molecule has 2 aromatic heterocycles. The molecule has 4 nitrogen and oxygen atoms in total. The van der Waals surface area contributed by atoms with E-state index in [-0.39, 0.29) is 24.5 Å². The molecule has 6 heteroatoms. The third-order valence-corrected chi connectivity index (χ3v) is 5.45. The number of benzene rings is 1. The van der Waals surface area contributed by atoms with E-state index in [9.17, 15) is 9.59 Å². The first-order chi connectivity index (χ1) is 12.0. The van der Waals surface area contributed by atoms with Gasteiger partial charge in [-0.2, -0.15) is 0 Å². The van der Waals surface area contributed by atoms with E-state index in [1.165, 1.54) is 28.2 Å². The molecule has 2 heterocycles. The van der Waals surface area contributed by atoms with Crippen molar-refractivity contribution in [3.8, 4) is 11.3 Å². The van der Waals surface area contributed by atoms with Crippen LogP contribution >= 0.6 is 22.7 Å². The quantitative estimate of drug-likeness (QED) is 0.615. The van der Waals surface area contributed by atoms with Gasteiger partial charge in [-0.1, -0.05) is 29.8 Å². The molecule has 0 fully saturated rings. The number of hydrogen-bond acceptors (Lipinski definition) is 5. The minimum absolute atomic E-state index is 0.000239. The van der Waals surface area contributed by atoms with Crippen LogP contribution in [0.15, 0.2) is 41.1 Å². The fourth-order valence-electron chi connectivity index (χ4n) is 2.53. The van der Waals surface area contributed by atoms with Gasteiger partial charge in [-0.25, -0.2) is 4.98 Å². The molecule has 1 amide bonds. The molecule has 0 spiro atoms. The smallest absolute Gasteiger partial charge is 0.226 e. The number of rotatable bonds is 6. The van der Waals surface area contributed by atoms with Gasteiger partial charge in [-0.3, -0.25) is 9.59 Å². The van der Waals surface area contributed by atoms with Gasteiger partial charge in [0.15, 0.2) is 10.9 Å². The number of aryl methyl sites for hydroxylation is 2. The second kappa shape index (κ2) is 7.72. The van der Waals surface area contributed by atoms with Crippen LogP contribution in [0.3, 0.4) is 0 Å². The fraction of sp³-hybridized carbons (Fsp3) is 0.211. The summed E-state index contributed by atoms with van der Waals surface area (Å²) in [4.78, 5) is 29.2. The Bertz CT molecular complexity index is 898. The van der Waals surface area contributed by atoms with Gasteiger partial charge in [0.05, 0.1) is 10.6 Å². The molecule has 3 aromatic rings. The highest BCUT2D eigenvalue weighted by Crippen LogP contribution is 2.28. The monoisotopic (exact) mass is 370 g/mol. The molecule has 0 aliphatic heterocycles. The van der Waals surface area contributed by atoms with Crippen molar-refractivity contribution in [2.75, 3.05) is 5.32 Å². The lowest BCUT2D eigenvalue weighted by molar-refractivity contribution is -0.116. The van der Waals surface area contributed by atoms with Crippen molar-refractivity contribution >= 4 is 39.5 Å². The van der Waals surface area contributed by atoms with Crippen molar-refractivity contribution in [2.24, 2.45) is 0 Å². The van der Waals surface area contributed by atoms with E-state index >= 15 is 0 Å². The molecule has 3 rings (SSSR count). The highest BCUT2D eigenvalue weighted by atomic mass is 32.1. The molecular formula is C19H18N2O2S2. The van der Waals surface area contributed by atoms with E-state index in [0.29, 0.717) is 10.0 Å². The van der Waals surface area contributed by atoms with Crippen LogP contribution in [0, 0.1) is 13.8 Å². The molecule has 0 bridgehead atoms. The summed E-state index contributed by atoms with van der Waals surface area (Å²) in [6.07, 6.45) is 0.372. The lowest BCUT2D eigenvalue weighted by Crippen LogP contribution is -2.13. The minimum atomic E-state index is -0.188. The van der Waals surface area contributed by atoms with E-state index in [0.717, 1.165) is 16.8 Å². The number of amides is 1. The number of thiophene rings is 1. The van der Waals surface area contributed by atoms with Gasteiger partial charge in [-0.05, 0) is 30.9 Å². The third-order valence-electron chi connectivity index (χ3n) is 3.78. The molecule has 1 aromatic carbocycles. The Morgan fingerprint density at radius 2 is 1.96 bits per heavy atom. The zero-order valence-electron chi connectivity index (χ0n) is 14.0. The number of carbonyl (C=O) groups is 2. The molecule has 0 saturated heterocycles. The Morgan fingerprint density at radius 1 is 1.12 bits per heavy atom. The third kappa shape index (κ3) is 4.41. The Morgan fingerprint density at radius 3 is 2.68 bits per heavy atom. The summed E-state index contributed by atoms with van der Waals surface area (Å²) in [7, 11) is 0. The average molecular weight is 370 g/mol. The normalized spacial score (nSPS) is 10.6. The van der Waals surface area contributed by atoms with Crippen LogP contribution < -0.4 is 5.32 Å². The summed E-state index contributed by atoms with van der Waals surface area (Å²) in [6, 6.07) is 9.83. The van der Waals surface area contributed by atoms with E-state index in [1.807, 2.05) is 22.9 Å². The van der Waals surface area contributed by atoms with Gasteiger partial charge in [0.25, 0.3) is 0 Å². The number of hydrogen-bond donors (Lipinski definition) is 1. The molecule has 0 unspecified atom stereocenters. The SMILES string of the molecule is Cc1ccc(-c2csc(NC(=O)CCC(=O)c3cccs3)n2)c(C)c1. The number of carbonyl (C=O) groups excluding carboxylic acids is 2. The van der Waals surface area contributed by atoms with Crippen molar-refractivity contribution in [1.82, 2.24) is 4.98 Å². The Kier molecular flexibility index (Phi) is 5.40. The van der Waals surface area contributed by atoms with Crippen molar-refractivity contribution in [3.05, 3.63) is 57.1 Å². The molecule has 0 radical (unpaired) electrons. The molecule has 128 valence electrons. The van der Waals surface area contributed by atoms with Crippen LogP contribution in [0.4, 0.5) is 5.13 Å². The van der Waals surface area contributed by atoms with Crippen molar-refractivity contribution in [3.63, 3.8) is 0 Å². The topological polar surface area (TPSA) is 59.1 Å². The number of Topliss-reactive ketones (excluding diaryl/α,β-unsaturated/α-hetero) is 1. The summed E-state index contributed by atoms with van der Waals surface area (Å²) < 4.78 is 0. The lowest BCUT2D eigenvalue weighted by atomic mass is 10.0. The first-order valence-electron chi connectivity index (χ1n) is 7.92. The van der Waals surface area contributed by atoms with Gasteiger partial charge in [0, 0.05) is 23.8 Å².